The molecular formula is C16H19NO4S2. The fourth-order valence-corrected chi connectivity index (χ4v) is 4.16. The van der Waals surface area contributed by atoms with Crippen molar-refractivity contribution in [3.63, 3.8) is 0 Å². The van der Waals surface area contributed by atoms with Gasteiger partial charge in [0.25, 0.3) is 0 Å². The molecule has 0 aromatic heterocycles. The number of rotatable bonds is 5. The van der Waals surface area contributed by atoms with E-state index in [2.05, 4.69) is 0 Å². The van der Waals surface area contributed by atoms with E-state index in [1.807, 2.05) is 30.3 Å². The largest absolute Gasteiger partial charge is 0.243 e. The number of sulfonamides is 1. The summed E-state index contributed by atoms with van der Waals surface area (Å²) in [5.41, 5.74) is 0.881. The average Bonchev–Trinajstić information content (AvgIpc) is 2.53. The van der Waals surface area contributed by atoms with Crippen LogP contribution in [0.15, 0.2) is 64.4 Å². The lowest BCUT2D eigenvalue weighted by Gasteiger charge is -2.24. The first-order chi connectivity index (χ1) is 10.6. The van der Waals surface area contributed by atoms with Crippen LogP contribution in [0.2, 0.25) is 0 Å². The number of hydrogen-bond acceptors (Lipinski definition) is 4. The van der Waals surface area contributed by atoms with E-state index in [9.17, 15) is 16.8 Å². The molecule has 0 fully saturated rings. The fraction of sp³-hybridized carbons (Fsp3) is 0.250. The highest BCUT2D eigenvalue weighted by Gasteiger charge is 2.26. The molecular weight excluding hydrogens is 334 g/mol. The third kappa shape index (κ3) is 3.80. The summed E-state index contributed by atoms with van der Waals surface area (Å²) in [5.74, 6) is 0. The van der Waals surface area contributed by atoms with Gasteiger partial charge in [0.15, 0.2) is 9.84 Å². The van der Waals surface area contributed by atoms with Crippen LogP contribution in [-0.4, -0.2) is 34.4 Å². The molecule has 0 aliphatic rings. The Labute approximate surface area is 137 Å². The van der Waals surface area contributed by atoms with Crippen LogP contribution in [0.3, 0.4) is 0 Å². The van der Waals surface area contributed by atoms with Crippen molar-refractivity contribution in [3.05, 3.63) is 60.2 Å². The quantitative estimate of drug-likeness (QED) is 0.828. The highest BCUT2D eigenvalue weighted by molar-refractivity contribution is 7.90. The second-order valence-corrected chi connectivity index (χ2v) is 9.36. The van der Waals surface area contributed by atoms with Gasteiger partial charge in [0, 0.05) is 19.3 Å². The first-order valence-electron chi connectivity index (χ1n) is 6.97. The maximum atomic E-state index is 12.7. The Morgan fingerprint density at radius 2 is 1.30 bits per heavy atom. The molecule has 124 valence electrons. The Bertz CT molecular complexity index is 873. The van der Waals surface area contributed by atoms with Gasteiger partial charge < -0.3 is 0 Å². The molecule has 1 atom stereocenters. The van der Waals surface area contributed by atoms with Crippen LogP contribution in [0.1, 0.15) is 18.5 Å². The highest BCUT2D eigenvalue weighted by atomic mass is 32.2. The number of benzene rings is 2. The molecule has 0 aliphatic carbocycles. The van der Waals surface area contributed by atoms with Gasteiger partial charge in [0.1, 0.15) is 0 Å². The van der Waals surface area contributed by atoms with Gasteiger partial charge in [0.05, 0.1) is 9.79 Å². The molecule has 0 radical (unpaired) electrons. The van der Waals surface area contributed by atoms with Crippen molar-refractivity contribution in [1.29, 1.82) is 0 Å². The van der Waals surface area contributed by atoms with Gasteiger partial charge in [-0.15, -0.1) is 0 Å². The van der Waals surface area contributed by atoms with E-state index in [0.29, 0.717) is 0 Å². The molecule has 0 heterocycles. The van der Waals surface area contributed by atoms with Crippen LogP contribution in [0.25, 0.3) is 0 Å². The topological polar surface area (TPSA) is 71.5 Å². The fourth-order valence-electron chi connectivity index (χ4n) is 2.17. The van der Waals surface area contributed by atoms with Gasteiger partial charge in [-0.3, -0.25) is 0 Å². The zero-order chi connectivity index (χ0) is 17.3. The molecule has 2 aromatic rings. The van der Waals surface area contributed by atoms with Crippen molar-refractivity contribution in [2.75, 3.05) is 13.3 Å². The first-order valence-corrected chi connectivity index (χ1v) is 10.3. The normalized spacial score (nSPS) is 13.9. The third-order valence-corrected chi connectivity index (χ3v) is 6.83. The summed E-state index contributed by atoms with van der Waals surface area (Å²) in [7, 11) is -5.55. The smallest absolute Gasteiger partial charge is 0.224 e. The molecule has 5 nitrogen and oxygen atoms in total. The Balaban J connectivity index is 2.34. The van der Waals surface area contributed by atoms with E-state index in [1.165, 1.54) is 35.6 Å². The Morgan fingerprint density at radius 1 is 0.826 bits per heavy atom. The monoisotopic (exact) mass is 353 g/mol. The standard InChI is InChI=1S/C16H19NO4S2/c1-13(14-7-5-4-6-8-14)17(2)23(20,21)16-11-9-15(10-12-16)22(3,18)19/h4-13H,1-3H3. The van der Waals surface area contributed by atoms with E-state index in [0.717, 1.165) is 11.8 Å². The van der Waals surface area contributed by atoms with Gasteiger partial charge in [0.2, 0.25) is 10.0 Å². The Kier molecular flexibility index (Phi) is 4.93. The van der Waals surface area contributed by atoms with Gasteiger partial charge in [-0.2, -0.15) is 4.31 Å². The van der Waals surface area contributed by atoms with Crippen LogP contribution in [0.4, 0.5) is 0 Å². The van der Waals surface area contributed by atoms with Crippen molar-refractivity contribution < 1.29 is 16.8 Å². The summed E-state index contributed by atoms with van der Waals surface area (Å²) < 4.78 is 49.6. The van der Waals surface area contributed by atoms with E-state index in [-0.39, 0.29) is 15.8 Å². The van der Waals surface area contributed by atoms with Crippen LogP contribution < -0.4 is 0 Å². The molecule has 0 spiro atoms. The van der Waals surface area contributed by atoms with Crippen LogP contribution in [0, 0.1) is 0 Å². The van der Waals surface area contributed by atoms with Crippen LogP contribution >= 0.6 is 0 Å². The molecule has 2 aromatic carbocycles. The van der Waals surface area contributed by atoms with Crippen molar-refractivity contribution >= 4 is 19.9 Å². The lowest BCUT2D eigenvalue weighted by molar-refractivity contribution is 0.398. The number of sulfone groups is 1. The maximum Gasteiger partial charge on any atom is 0.243 e. The van der Waals surface area contributed by atoms with Gasteiger partial charge in [-0.05, 0) is 36.8 Å². The summed E-state index contributed by atoms with van der Waals surface area (Å²) in [5, 5.41) is 0. The van der Waals surface area contributed by atoms with Gasteiger partial charge >= 0.3 is 0 Å². The zero-order valence-electron chi connectivity index (χ0n) is 13.2. The first kappa shape index (κ1) is 17.7. The van der Waals surface area contributed by atoms with E-state index < -0.39 is 19.9 Å². The summed E-state index contributed by atoms with van der Waals surface area (Å²) in [4.78, 5) is 0.158. The Hall–Kier alpha value is -1.70. The summed E-state index contributed by atoms with van der Waals surface area (Å²) in [6, 6.07) is 14.2. The molecule has 1 unspecified atom stereocenters. The van der Waals surface area contributed by atoms with Gasteiger partial charge in [-0.25, -0.2) is 16.8 Å². The molecule has 0 N–H and O–H groups in total. The summed E-state index contributed by atoms with van der Waals surface area (Å²) in [6.45, 7) is 1.80. The highest BCUT2D eigenvalue weighted by Crippen LogP contribution is 2.26. The third-order valence-electron chi connectivity index (χ3n) is 3.76. The van der Waals surface area contributed by atoms with E-state index in [4.69, 9.17) is 0 Å². The minimum atomic E-state index is -3.71. The van der Waals surface area contributed by atoms with Gasteiger partial charge in [-0.1, -0.05) is 30.3 Å². The van der Waals surface area contributed by atoms with Crippen molar-refractivity contribution in [1.82, 2.24) is 4.31 Å². The van der Waals surface area contributed by atoms with Crippen LogP contribution in [-0.2, 0) is 19.9 Å². The van der Waals surface area contributed by atoms with E-state index >= 15 is 0 Å². The van der Waals surface area contributed by atoms with Crippen molar-refractivity contribution in [3.8, 4) is 0 Å². The molecule has 7 heteroatoms. The molecule has 0 aliphatic heterocycles. The van der Waals surface area contributed by atoms with E-state index in [1.54, 1.807) is 6.92 Å². The molecule has 0 bridgehead atoms. The molecule has 0 amide bonds. The number of nitrogens with zero attached hydrogens (tertiary/aromatic N) is 1. The predicted molar refractivity (Wildman–Crippen MR) is 89.4 cm³/mol. The maximum absolute atomic E-state index is 12.7. The SMILES string of the molecule is CC(c1ccccc1)N(C)S(=O)(=O)c1ccc(S(C)(=O)=O)cc1. The number of hydrogen-bond donors (Lipinski definition) is 0. The summed E-state index contributed by atoms with van der Waals surface area (Å²) >= 11 is 0. The molecule has 2 rings (SSSR count). The minimum Gasteiger partial charge on any atom is -0.224 e. The van der Waals surface area contributed by atoms with Crippen molar-refractivity contribution in [2.24, 2.45) is 0 Å². The van der Waals surface area contributed by atoms with Crippen molar-refractivity contribution in [2.45, 2.75) is 22.8 Å². The molecule has 0 saturated carbocycles. The average molecular weight is 353 g/mol. The minimum absolute atomic E-state index is 0.0650. The second kappa shape index (κ2) is 6.43. The molecule has 0 saturated heterocycles. The predicted octanol–water partition coefficient (Wildman–Crippen LogP) is 2.47. The Morgan fingerprint density at radius 3 is 1.78 bits per heavy atom. The zero-order valence-corrected chi connectivity index (χ0v) is 14.8. The lowest BCUT2D eigenvalue weighted by atomic mass is 10.1. The molecule has 23 heavy (non-hydrogen) atoms. The second-order valence-electron chi connectivity index (χ2n) is 5.35. The lowest BCUT2D eigenvalue weighted by Crippen LogP contribution is -2.29. The summed E-state index contributed by atoms with van der Waals surface area (Å²) in [6.07, 6.45) is 1.08. The van der Waals surface area contributed by atoms with Crippen LogP contribution in [0.5, 0.6) is 0 Å².